The molecule has 1 unspecified atom stereocenters. The van der Waals surface area contributed by atoms with Crippen LogP contribution in [0.25, 0.3) is 0 Å². The third-order valence-corrected chi connectivity index (χ3v) is 11.7. The number of rotatable bonds is 12. The van der Waals surface area contributed by atoms with Crippen LogP contribution in [0, 0.1) is 11.7 Å². The van der Waals surface area contributed by atoms with Gasteiger partial charge in [-0.05, 0) is 79.4 Å². The van der Waals surface area contributed by atoms with Gasteiger partial charge in [-0.2, -0.15) is 4.99 Å². The van der Waals surface area contributed by atoms with Crippen LogP contribution in [0.5, 0.6) is 0 Å². The van der Waals surface area contributed by atoms with E-state index < -0.39 is 123 Å². The molecule has 2 heterocycles. The number of alkyl carbamates (subject to hydrolysis) is 1. The highest BCUT2D eigenvalue weighted by Crippen LogP contribution is 2.45. The Morgan fingerprint density at radius 2 is 1.70 bits per heavy atom. The molecule has 21 heteroatoms. The predicted octanol–water partition coefficient (Wildman–Crippen LogP) is 2.75. The number of benzene rings is 1. The Labute approximate surface area is 346 Å². The third-order valence-electron chi connectivity index (χ3n) is 9.87. The van der Waals surface area contributed by atoms with Crippen molar-refractivity contribution >= 4 is 57.7 Å². The zero-order valence-electron chi connectivity index (χ0n) is 34.5. The third kappa shape index (κ3) is 11.2. The van der Waals surface area contributed by atoms with Crippen LogP contribution >= 0.6 is 0 Å². The molecule has 5 rings (SSSR count). The largest absolute Gasteiger partial charge is 0.458 e. The van der Waals surface area contributed by atoms with Gasteiger partial charge in [-0.25, -0.2) is 32.0 Å². The van der Waals surface area contributed by atoms with E-state index in [0.717, 1.165) is 11.8 Å². The van der Waals surface area contributed by atoms with Gasteiger partial charge in [0.2, 0.25) is 21.8 Å². The first-order valence-corrected chi connectivity index (χ1v) is 20.8. The van der Waals surface area contributed by atoms with Crippen LogP contribution in [0.1, 0.15) is 85.3 Å². The van der Waals surface area contributed by atoms with E-state index in [1.54, 1.807) is 47.6 Å². The summed E-state index contributed by atoms with van der Waals surface area (Å²) in [6.45, 7) is 12.9. The van der Waals surface area contributed by atoms with Crippen molar-refractivity contribution in [1.82, 2.24) is 25.2 Å². The lowest BCUT2D eigenvalue weighted by Crippen LogP contribution is -2.59. The molecular weight excluding hydrogens is 812 g/mol. The fraction of sp³-hybridized carbons (Fsp3) is 0.590. The highest BCUT2D eigenvalue weighted by molar-refractivity contribution is 7.91. The summed E-state index contributed by atoms with van der Waals surface area (Å²) in [6.07, 6.45) is -2.48. The molecular formula is C39H51FN6O13S. The van der Waals surface area contributed by atoms with Crippen molar-refractivity contribution in [2.75, 3.05) is 13.2 Å². The molecule has 0 radical (unpaired) electrons. The second-order valence-electron chi connectivity index (χ2n) is 17.1. The van der Waals surface area contributed by atoms with Crippen LogP contribution in [0.4, 0.5) is 18.8 Å². The summed E-state index contributed by atoms with van der Waals surface area (Å²) in [7, 11) is -4.03. The number of nitrogens with zero attached hydrogens (tertiary/aromatic N) is 3. The minimum Gasteiger partial charge on any atom is -0.458 e. The maximum atomic E-state index is 14.5. The molecule has 3 N–H and O–H groups in total. The van der Waals surface area contributed by atoms with E-state index in [-0.39, 0.29) is 25.9 Å². The Balaban J connectivity index is 1.40. The predicted molar refractivity (Wildman–Crippen MR) is 209 cm³/mol. The van der Waals surface area contributed by atoms with Crippen LogP contribution in [-0.4, -0.2) is 119 Å². The SMILES string of the molecule is C=C[C@@H]1C[C@]1(NC(=O)[C@@H]1CC(OC(=O)N2Cc3cccc(F)c3C2)CN1C(=O)[C@H](COC(=O)C(C)=NC(=O)OC(C)(C)C)NC(=O)OC(C)(C)C)C(=O)NS(=O)(=O)C1CC1. The molecule has 2 aliphatic carbocycles. The number of halogens is 1. The van der Waals surface area contributed by atoms with Gasteiger partial charge in [0.05, 0.1) is 18.3 Å². The highest BCUT2D eigenvalue weighted by Gasteiger charge is 2.62. The van der Waals surface area contributed by atoms with Crippen molar-refractivity contribution in [2.24, 2.45) is 10.9 Å². The first kappa shape index (κ1) is 45.5. The van der Waals surface area contributed by atoms with Gasteiger partial charge in [0.1, 0.15) is 53.1 Å². The fourth-order valence-corrected chi connectivity index (χ4v) is 8.04. The number of nitrogens with one attached hydrogen (secondary N) is 3. The van der Waals surface area contributed by atoms with Crippen LogP contribution in [0.3, 0.4) is 0 Å². The van der Waals surface area contributed by atoms with E-state index in [2.05, 4.69) is 26.9 Å². The first-order chi connectivity index (χ1) is 27.8. The monoisotopic (exact) mass is 862 g/mol. The Kier molecular flexibility index (Phi) is 13.0. The lowest BCUT2D eigenvalue weighted by atomic mass is 10.1. The van der Waals surface area contributed by atoms with E-state index in [1.807, 2.05) is 0 Å². The van der Waals surface area contributed by atoms with Crippen molar-refractivity contribution in [2.45, 2.75) is 127 Å². The molecule has 4 aliphatic rings. The van der Waals surface area contributed by atoms with Crippen molar-refractivity contribution in [1.29, 1.82) is 0 Å². The van der Waals surface area contributed by atoms with E-state index in [4.69, 9.17) is 18.9 Å². The summed E-state index contributed by atoms with van der Waals surface area (Å²) in [6, 6.07) is 1.17. The fourth-order valence-electron chi connectivity index (χ4n) is 6.68. The Morgan fingerprint density at radius 3 is 2.28 bits per heavy atom. The molecule has 0 spiro atoms. The van der Waals surface area contributed by atoms with Crippen LogP contribution in [0.2, 0.25) is 0 Å². The average molecular weight is 863 g/mol. The Morgan fingerprint density at radius 1 is 1.03 bits per heavy atom. The summed E-state index contributed by atoms with van der Waals surface area (Å²) in [5.74, 6) is -5.29. The van der Waals surface area contributed by atoms with Crippen LogP contribution in [0.15, 0.2) is 35.8 Å². The molecule has 1 aromatic carbocycles. The number of sulfonamides is 1. The molecule has 1 aromatic rings. The summed E-state index contributed by atoms with van der Waals surface area (Å²) < 4.78 is 63.4. The van der Waals surface area contributed by atoms with E-state index >= 15 is 0 Å². The summed E-state index contributed by atoms with van der Waals surface area (Å²) in [5.41, 5.74) is -3.30. The molecule has 2 saturated carbocycles. The maximum Gasteiger partial charge on any atom is 0.434 e. The number of esters is 1. The number of carbonyl (C=O) groups excluding carboxylic acids is 7. The minimum atomic E-state index is -4.03. The molecule has 0 bridgehead atoms. The molecule has 3 fully saturated rings. The van der Waals surface area contributed by atoms with Gasteiger partial charge < -0.3 is 34.5 Å². The van der Waals surface area contributed by atoms with Crippen LogP contribution in [-0.2, 0) is 61.2 Å². The number of hydrogen-bond donors (Lipinski definition) is 3. The number of aliphatic imine (C=N–C) groups is 1. The highest BCUT2D eigenvalue weighted by atomic mass is 32.2. The molecule has 0 aromatic heterocycles. The van der Waals surface area contributed by atoms with Crippen molar-refractivity contribution in [3.8, 4) is 0 Å². The smallest absolute Gasteiger partial charge is 0.434 e. The number of amides is 6. The van der Waals surface area contributed by atoms with Gasteiger partial charge in [-0.3, -0.25) is 24.0 Å². The normalized spacial score (nSPS) is 23.1. The van der Waals surface area contributed by atoms with Crippen LogP contribution < -0.4 is 15.4 Å². The lowest BCUT2D eigenvalue weighted by molar-refractivity contribution is -0.145. The van der Waals surface area contributed by atoms with Gasteiger partial charge in [-0.15, -0.1) is 6.58 Å². The quantitative estimate of drug-likeness (QED) is 0.119. The van der Waals surface area contributed by atoms with Gasteiger partial charge in [0.15, 0.2) is 0 Å². The molecule has 19 nitrogen and oxygen atoms in total. The van der Waals surface area contributed by atoms with Gasteiger partial charge in [0, 0.05) is 24.4 Å². The Hall–Kier alpha value is -5.60. The number of carbonyl (C=O) groups is 7. The number of ether oxygens (including phenoxy) is 4. The topological polar surface area (TPSA) is 245 Å². The summed E-state index contributed by atoms with van der Waals surface area (Å²) in [5, 5.41) is 4.20. The number of fused-ring (bicyclic) bond motifs is 1. The van der Waals surface area contributed by atoms with E-state index in [1.165, 1.54) is 23.1 Å². The molecule has 328 valence electrons. The second-order valence-corrected chi connectivity index (χ2v) is 19.1. The van der Waals surface area contributed by atoms with E-state index in [9.17, 15) is 46.4 Å². The zero-order valence-corrected chi connectivity index (χ0v) is 35.3. The lowest BCUT2D eigenvalue weighted by Gasteiger charge is -2.30. The molecule has 2 aliphatic heterocycles. The van der Waals surface area contributed by atoms with Gasteiger partial charge in [0.25, 0.3) is 5.91 Å². The second kappa shape index (κ2) is 17.2. The molecule has 60 heavy (non-hydrogen) atoms. The summed E-state index contributed by atoms with van der Waals surface area (Å²) >= 11 is 0. The minimum absolute atomic E-state index is 0.0115. The maximum absolute atomic E-state index is 14.5. The molecule has 6 amide bonds. The van der Waals surface area contributed by atoms with Crippen molar-refractivity contribution in [3.63, 3.8) is 0 Å². The average Bonchev–Trinajstić information content (AvgIpc) is 4.02. The molecule has 5 atom stereocenters. The van der Waals surface area contributed by atoms with E-state index in [0.29, 0.717) is 24.0 Å². The van der Waals surface area contributed by atoms with Gasteiger partial charge in [-0.1, -0.05) is 18.2 Å². The standard InChI is InChI=1S/C39H51FN6O13S/c1-9-23-16-39(23,33(50)44-60(54,55)25-13-14-25)43-30(47)29-15-24(57-36(53)45-17-22-11-10-12-27(40)26(22)19-45)18-46(29)31(48)28(42-35(52)59-38(6,7)8)20-56-32(49)21(2)41-34(51)58-37(3,4)5/h9-12,23-25,28-29H,1,13-20H2,2-8H3,(H,42,52)(H,43,47)(H,44,50)/t23-,24?,28+,29+,39-/m1/s1. The number of likely N-dealkylation sites (tertiary alicyclic amines) is 1. The Bertz CT molecular complexity index is 2090. The first-order valence-electron chi connectivity index (χ1n) is 19.3. The molecule has 1 saturated heterocycles. The zero-order chi connectivity index (χ0) is 44.5. The van der Waals surface area contributed by atoms with Crippen molar-refractivity contribution < 1.29 is 65.3 Å². The van der Waals surface area contributed by atoms with Gasteiger partial charge >= 0.3 is 24.2 Å². The van der Waals surface area contributed by atoms with Crippen molar-refractivity contribution in [3.05, 3.63) is 47.8 Å². The summed E-state index contributed by atoms with van der Waals surface area (Å²) in [4.78, 5) is 99.6. The number of hydrogen-bond acceptors (Lipinski definition) is 13.